The first-order valence-electron chi connectivity index (χ1n) is 7.11. The lowest BCUT2D eigenvalue weighted by atomic mass is 9.66. The molecule has 0 saturated heterocycles. The van der Waals surface area contributed by atoms with E-state index >= 15 is 0 Å². The molecule has 104 valence electrons. The van der Waals surface area contributed by atoms with Crippen LogP contribution in [0.4, 0.5) is 0 Å². The van der Waals surface area contributed by atoms with Crippen LogP contribution in [0.3, 0.4) is 0 Å². The molecule has 1 fully saturated rings. The first-order chi connectivity index (χ1) is 9.04. The van der Waals surface area contributed by atoms with Gasteiger partial charge in [-0.05, 0) is 44.2 Å². The van der Waals surface area contributed by atoms with E-state index in [4.69, 9.17) is 5.73 Å². The molecular weight excluding hydrogens is 236 g/mol. The number of benzene rings is 1. The van der Waals surface area contributed by atoms with E-state index in [9.17, 15) is 4.79 Å². The van der Waals surface area contributed by atoms with E-state index in [2.05, 4.69) is 30.4 Å². The third-order valence-corrected chi connectivity index (χ3v) is 4.30. The lowest BCUT2D eigenvalue weighted by Gasteiger charge is -2.40. The van der Waals surface area contributed by atoms with Crippen molar-refractivity contribution in [3.05, 3.63) is 35.4 Å². The summed E-state index contributed by atoms with van der Waals surface area (Å²) in [5.74, 6) is 0.124. The fourth-order valence-corrected chi connectivity index (χ4v) is 2.79. The first kappa shape index (κ1) is 14.1. The third kappa shape index (κ3) is 3.35. The van der Waals surface area contributed by atoms with Crippen molar-refractivity contribution in [3.8, 4) is 0 Å². The molecule has 3 N–H and O–H groups in total. The van der Waals surface area contributed by atoms with Crippen LogP contribution in [0.25, 0.3) is 0 Å². The number of carbonyl (C=O) groups excluding carboxylic acids is 1. The second kappa shape index (κ2) is 5.74. The van der Waals surface area contributed by atoms with Gasteiger partial charge in [-0.25, -0.2) is 0 Å². The van der Waals surface area contributed by atoms with Crippen LogP contribution in [0.1, 0.15) is 49.8 Å². The van der Waals surface area contributed by atoms with Gasteiger partial charge in [0.15, 0.2) is 0 Å². The maximum atomic E-state index is 12.1. The highest BCUT2D eigenvalue weighted by molar-refractivity contribution is 5.77. The first-order valence-corrected chi connectivity index (χ1v) is 7.11. The number of nitrogens with one attached hydrogen (secondary N) is 1. The van der Waals surface area contributed by atoms with Gasteiger partial charge in [-0.15, -0.1) is 0 Å². The highest BCUT2D eigenvalue weighted by Gasteiger charge is 2.37. The number of hydrogen-bond donors (Lipinski definition) is 2. The van der Waals surface area contributed by atoms with Crippen molar-refractivity contribution in [2.45, 2.75) is 45.6 Å². The molecule has 0 spiro atoms. The fourth-order valence-electron chi connectivity index (χ4n) is 2.79. The van der Waals surface area contributed by atoms with Crippen LogP contribution in [0.5, 0.6) is 0 Å². The van der Waals surface area contributed by atoms with Crippen LogP contribution in [0, 0.1) is 12.3 Å². The molecule has 0 aliphatic heterocycles. The topological polar surface area (TPSA) is 55.1 Å². The van der Waals surface area contributed by atoms with E-state index < -0.39 is 0 Å². The normalized spacial score (nSPS) is 18.5. The molecule has 1 aliphatic rings. The summed E-state index contributed by atoms with van der Waals surface area (Å²) in [6.45, 7) is 4.72. The minimum Gasteiger partial charge on any atom is -0.350 e. The van der Waals surface area contributed by atoms with Gasteiger partial charge in [-0.1, -0.05) is 36.2 Å². The van der Waals surface area contributed by atoms with Gasteiger partial charge >= 0.3 is 0 Å². The Morgan fingerprint density at radius 1 is 1.47 bits per heavy atom. The summed E-state index contributed by atoms with van der Waals surface area (Å²) in [4.78, 5) is 12.1. The largest absolute Gasteiger partial charge is 0.350 e. The predicted octanol–water partition coefficient (Wildman–Crippen LogP) is 2.69. The molecule has 1 aromatic rings. The lowest BCUT2D eigenvalue weighted by Crippen LogP contribution is -2.42. The maximum absolute atomic E-state index is 12.1. The van der Waals surface area contributed by atoms with Crippen LogP contribution in [0.15, 0.2) is 24.3 Å². The van der Waals surface area contributed by atoms with Gasteiger partial charge in [-0.3, -0.25) is 4.79 Å². The van der Waals surface area contributed by atoms with E-state index in [-0.39, 0.29) is 17.4 Å². The SMILES string of the molecule is Cc1cccc([C@H](C)NC(=O)CC2(CN)CCC2)c1. The minimum atomic E-state index is 0.0577. The number of aryl methyl sites for hydroxylation is 1. The minimum absolute atomic E-state index is 0.0577. The lowest BCUT2D eigenvalue weighted by molar-refractivity contribution is -0.125. The fraction of sp³-hybridized carbons (Fsp3) is 0.562. The molecule has 0 aromatic heterocycles. The molecular formula is C16H24N2O. The molecule has 3 heteroatoms. The molecule has 1 saturated carbocycles. The molecule has 0 heterocycles. The van der Waals surface area contributed by atoms with E-state index in [0.717, 1.165) is 18.4 Å². The van der Waals surface area contributed by atoms with Crippen LogP contribution in [0.2, 0.25) is 0 Å². The van der Waals surface area contributed by atoms with E-state index in [1.54, 1.807) is 0 Å². The van der Waals surface area contributed by atoms with Gasteiger partial charge < -0.3 is 11.1 Å². The standard InChI is InChI=1S/C16H24N2O/c1-12-5-3-6-14(9-12)13(2)18-15(19)10-16(11-17)7-4-8-16/h3,5-6,9,13H,4,7-8,10-11,17H2,1-2H3,(H,18,19)/t13-/m0/s1. The van der Waals surface area contributed by atoms with Crippen LogP contribution >= 0.6 is 0 Å². The summed E-state index contributed by atoms with van der Waals surface area (Å²) in [5.41, 5.74) is 8.25. The van der Waals surface area contributed by atoms with Crippen molar-refractivity contribution < 1.29 is 4.79 Å². The maximum Gasteiger partial charge on any atom is 0.221 e. The van der Waals surface area contributed by atoms with Gasteiger partial charge in [0.1, 0.15) is 0 Å². The van der Waals surface area contributed by atoms with E-state index in [1.165, 1.54) is 12.0 Å². The zero-order valence-corrected chi connectivity index (χ0v) is 11.9. The van der Waals surface area contributed by atoms with Crippen LogP contribution in [-0.4, -0.2) is 12.5 Å². The number of carbonyl (C=O) groups is 1. The van der Waals surface area contributed by atoms with Crippen molar-refractivity contribution in [1.29, 1.82) is 0 Å². The summed E-state index contributed by atoms with van der Waals surface area (Å²) in [7, 11) is 0. The quantitative estimate of drug-likeness (QED) is 0.855. The van der Waals surface area contributed by atoms with Crippen molar-refractivity contribution in [2.75, 3.05) is 6.54 Å². The summed E-state index contributed by atoms with van der Waals surface area (Å²) < 4.78 is 0. The second-order valence-corrected chi connectivity index (χ2v) is 5.94. The molecule has 1 atom stereocenters. The molecule has 1 aromatic carbocycles. The number of nitrogens with two attached hydrogens (primary N) is 1. The monoisotopic (exact) mass is 260 g/mol. The summed E-state index contributed by atoms with van der Waals surface area (Å²) >= 11 is 0. The van der Waals surface area contributed by atoms with Gasteiger partial charge in [0.2, 0.25) is 5.91 Å². The molecule has 19 heavy (non-hydrogen) atoms. The predicted molar refractivity (Wildman–Crippen MR) is 77.7 cm³/mol. The molecule has 1 amide bonds. The van der Waals surface area contributed by atoms with Crippen LogP contribution < -0.4 is 11.1 Å². The van der Waals surface area contributed by atoms with E-state index in [1.807, 2.05) is 13.0 Å². The van der Waals surface area contributed by atoms with Crippen LogP contribution in [-0.2, 0) is 4.79 Å². The Labute approximate surface area is 115 Å². The Kier molecular flexibility index (Phi) is 4.25. The highest BCUT2D eigenvalue weighted by atomic mass is 16.1. The van der Waals surface area contributed by atoms with Crippen molar-refractivity contribution in [2.24, 2.45) is 11.1 Å². The second-order valence-electron chi connectivity index (χ2n) is 5.94. The Morgan fingerprint density at radius 2 is 2.21 bits per heavy atom. The molecule has 0 radical (unpaired) electrons. The van der Waals surface area contributed by atoms with Crippen molar-refractivity contribution in [1.82, 2.24) is 5.32 Å². The highest BCUT2D eigenvalue weighted by Crippen LogP contribution is 2.42. The third-order valence-electron chi connectivity index (χ3n) is 4.30. The zero-order valence-electron chi connectivity index (χ0n) is 11.9. The smallest absolute Gasteiger partial charge is 0.221 e. The Morgan fingerprint density at radius 3 is 2.74 bits per heavy atom. The summed E-state index contributed by atoms with van der Waals surface area (Å²) in [6, 6.07) is 8.32. The van der Waals surface area contributed by atoms with Gasteiger partial charge in [0.25, 0.3) is 0 Å². The molecule has 2 rings (SSSR count). The number of hydrogen-bond acceptors (Lipinski definition) is 2. The summed E-state index contributed by atoms with van der Waals surface area (Å²) in [5, 5.41) is 3.09. The molecule has 0 unspecified atom stereocenters. The Hall–Kier alpha value is -1.35. The average Bonchev–Trinajstić information content (AvgIpc) is 2.34. The van der Waals surface area contributed by atoms with E-state index in [0.29, 0.717) is 13.0 Å². The number of rotatable bonds is 5. The molecule has 0 bridgehead atoms. The van der Waals surface area contributed by atoms with Gasteiger partial charge in [-0.2, -0.15) is 0 Å². The number of amides is 1. The summed E-state index contributed by atoms with van der Waals surface area (Å²) in [6.07, 6.45) is 3.96. The average molecular weight is 260 g/mol. The zero-order chi connectivity index (χ0) is 13.9. The molecule has 3 nitrogen and oxygen atoms in total. The van der Waals surface area contributed by atoms with Crippen molar-refractivity contribution >= 4 is 5.91 Å². The van der Waals surface area contributed by atoms with Gasteiger partial charge in [0, 0.05) is 6.42 Å². The van der Waals surface area contributed by atoms with Crippen molar-refractivity contribution in [3.63, 3.8) is 0 Å². The van der Waals surface area contributed by atoms with Gasteiger partial charge in [0.05, 0.1) is 6.04 Å². The molecule has 1 aliphatic carbocycles. The Bertz CT molecular complexity index is 446. The Balaban J connectivity index is 1.91.